The van der Waals surface area contributed by atoms with E-state index in [1.165, 1.54) is 18.7 Å². The average molecular weight is 464 g/mol. The Balaban J connectivity index is 1.58. The normalized spacial score (nSPS) is 19.8. The van der Waals surface area contributed by atoms with E-state index in [1.54, 1.807) is 10.9 Å². The number of carbonyl (C=O) groups excluding carboxylic acids is 3. The Labute approximate surface area is 196 Å². The van der Waals surface area contributed by atoms with Crippen molar-refractivity contribution in [3.8, 4) is 5.69 Å². The molecule has 3 atom stereocenters. The van der Waals surface area contributed by atoms with Gasteiger partial charge in [-0.3, -0.25) is 14.4 Å². The number of aromatic nitrogens is 3. The summed E-state index contributed by atoms with van der Waals surface area (Å²) in [7, 11) is 0. The van der Waals surface area contributed by atoms with Gasteiger partial charge in [0.25, 0.3) is 5.91 Å². The molecule has 1 unspecified atom stereocenters. The molecule has 1 aromatic heterocycles. The second kappa shape index (κ2) is 10.3. The summed E-state index contributed by atoms with van der Waals surface area (Å²) in [5.41, 5.74) is 2.17. The SMILES string of the molecule is CC(=O)O[C@@H]1C(=O)N(Cc2ccccc2)C(OCc2cn(-c3ccccc3)nn2)[C@@H]1OC(C)=O. The summed E-state index contributed by atoms with van der Waals surface area (Å²) in [5, 5.41) is 8.23. The monoisotopic (exact) mass is 464 g/mol. The van der Waals surface area contributed by atoms with Crippen LogP contribution in [0.1, 0.15) is 25.1 Å². The lowest BCUT2D eigenvalue weighted by molar-refractivity contribution is -0.175. The van der Waals surface area contributed by atoms with E-state index >= 15 is 0 Å². The van der Waals surface area contributed by atoms with Crippen LogP contribution in [0.5, 0.6) is 0 Å². The smallest absolute Gasteiger partial charge is 0.303 e. The van der Waals surface area contributed by atoms with E-state index in [9.17, 15) is 14.4 Å². The lowest BCUT2D eigenvalue weighted by Crippen LogP contribution is -2.41. The number of esters is 2. The first-order valence-corrected chi connectivity index (χ1v) is 10.7. The van der Waals surface area contributed by atoms with Crippen molar-refractivity contribution in [1.82, 2.24) is 19.9 Å². The molecule has 34 heavy (non-hydrogen) atoms. The summed E-state index contributed by atoms with van der Waals surface area (Å²) in [6.45, 7) is 2.57. The zero-order chi connectivity index (χ0) is 24.1. The Morgan fingerprint density at radius 2 is 1.59 bits per heavy atom. The predicted octanol–water partition coefficient (Wildman–Crippen LogP) is 2.02. The molecule has 0 saturated carbocycles. The Kier molecular flexibility index (Phi) is 6.98. The minimum Gasteiger partial charge on any atom is -0.453 e. The molecular weight excluding hydrogens is 440 g/mol. The van der Waals surface area contributed by atoms with E-state index < -0.39 is 36.3 Å². The molecule has 1 aliphatic heterocycles. The third kappa shape index (κ3) is 5.29. The van der Waals surface area contributed by atoms with Crippen LogP contribution in [-0.4, -0.2) is 56.2 Å². The maximum Gasteiger partial charge on any atom is 0.303 e. The summed E-state index contributed by atoms with van der Waals surface area (Å²) in [4.78, 5) is 38.1. The molecule has 176 valence electrons. The summed E-state index contributed by atoms with van der Waals surface area (Å²) in [6, 6.07) is 18.7. The van der Waals surface area contributed by atoms with Gasteiger partial charge in [0.05, 0.1) is 18.5 Å². The number of hydrogen-bond donors (Lipinski definition) is 0. The van der Waals surface area contributed by atoms with E-state index in [-0.39, 0.29) is 13.2 Å². The standard InChI is InChI=1S/C24H24N4O6/c1-16(29)33-21-22(34-17(2)30)24(27(23(21)31)13-18-9-5-3-6-10-18)32-15-19-14-28(26-25-19)20-11-7-4-8-12-20/h3-12,14,21-22,24H,13,15H2,1-2H3/t21-,22+,24?/m0/s1. The van der Waals surface area contributed by atoms with E-state index in [4.69, 9.17) is 14.2 Å². The van der Waals surface area contributed by atoms with E-state index in [0.717, 1.165) is 11.3 Å². The third-order valence-electron chi connectivity index (χ3n) is 5.17. The molecule has 0 aliphatic carbocycles. The minimum absolute atomic E-state index is 0.0133. The van der Waals surface area contributed by atoms with Crippen LogP contribution >= 0.6 is 0 Å². The van der Waals surface area contributed by atoms with Crippen molar-refractivity contribution < 1.29 is 28.6 Å². The van der Waals surface area contributed by atoms with Gasteiger partial charge in [-0.1, -0.05) is 53.7 Å². The van der Waals surface area contributed by atoms with Crippen LogP contribution < -0.4 is 0 Å². The number of rotatable bonds is 8. The summed E-state index contributed by atoms with van der Waals surface area (Å²) in [6.07, 6.45) is -1.74. The molecule has 1 aliphatic rings. The molecule has 0 spiro atoms. The summed E-state index contributed by atoms with van der Waals surface area (Å²) >= 11 is 0. The Morgan fingerprint density at radius 3 is 2.24 bits per heavy atom. The van der Waals surface area contributed by atoms with Gasteiger partial charge in [-0.25, -0.2) is 4.68 Å². The van der Waals surface area contributed by atoms with Crippen molar-refractivity contribution >= 4 is 17.8 Å². The lowest BCUT2D eigenvalue weighted by atomic mass is 10.2. The maximum atomic E-state index is 13.2. The molecule has 1 amide bonds. The number of para-hydroxylation sites is 1. The van der Waals surface area contributed by atoms with Crippen molar-refractivity contribution in [2.75, 3.05) is 0 Å². The van der Waals surface area contributed by atoms with Crippen molar-refractivity contribution in [1.29, 1.82) is 0 Å². The first kappa shape index (κ1) is 23.1. The van der Waals surface area contributed by atoms with E-state index in [0.29, 0.717) is 5.69 Å². The fourth-order valence-corrected chi connectivity index (χ4v) is 3.74. The number of carbonyl (C=O) groups is 3. The lowest BCUT2D eigenvalue weighted by Gasteiger charge is -2.27. The number of ether oxygens (including phenoxy) is 3. The van der Waals surface area contributed by atoms with E-state index in [1.807, 2.05) is 60.7 Å². The number of amides is 1. The fourth-order valence-electron chi connectivity index (χ4n) is 3.74. The minimum atomic E-state index is -1.31. The largest absolute Gasteiger partial charge is 0.453 e. The molecule has 3 aromatic rings. The van der Waals surface area contributed by atoms with Gasteiger partial charge < -0.3 is 19.1 Å². The quantitative estimate of drug-likeness (QED) is 0.466. The highest BCUT2D eigenvalue weighted by Gasteiger charge is 2.53. The molecule has 1 fully saturated rings. The van der Waals surface area contributed by atoms with Crippen LogP contribution in [-0.2, 0) is 41.7 Å². The van der Waals surface area contributed by atoms with E-state index in [2.05, 4.69) is 10.3 Å². The van der Waals surface area contributed by atoms with Crippen molar-refractivity contribution in [2.45, 2.75) is 45.4 Å². The first-order valence-electron chi connectivity index (χ1n) is 10.7. The van der Waals surface area contributed by atoms with Crippen LogP contribution in [0.4, 0.5) is 0 Å². The zero-order valence-corrected chi connectivity index (χ0v) is 18.7. The fraction of sp³-hybridized carbons (Fsp3) is 0.292. The number of nitrogens with zero attached hydrogens (tertiary/aromatic N) is 4. The van der Waals surface area contributed by atoms with Gasteiger partial charge in [-0.15, -0.1) is 5.10 Å². The second-order valence-corrected chi connectivity index (χ2v) is 7.75. The third-order valence-corrected chi connectivity index (χ3v) is 5.17. The van der Waals surface area contributed by atoms with Crippen LogP contribution in [0.15, 0.2) is 66.9 Å². The van der Waals surface area contributed by atoms with Crippen LogP contribution in [0.25, 0.3) is 5.69 Å². The molecule has 2 aromatic carbocycles. The molecule has 10 nitrogen and oxygen atoms in total. The molecule has 0 bridgehead atoms. The Bertz CT molecular complexity index is 1150. The first-order chi connectivity index (χ1) is 16.4. The molecule has 0 radical (unpaired) electrons. The molecule has 4 rings (SSSR count). The number of likely N-dealkylation sites (tertiary alicyclic amines) is 1. The zero-order valence-electron chi connectivity index (χ0n) is 18.7. The van der Waals surface area contributed by atoms with Gasteiger partial charge in [-0.05, 0) is 17.7 Å². The second-order valence-electron chi connectivity index (χ2n) is 7.75. The Hall–Kier alpha value is -4.05. The highest BCUT2D eigenvalue weighted by atomic mass is 16.6. The highest BCUT2D eigenvalue weighted by Crippen LogP contribution is 2.29. The summed E-state index contributed by atoms with van der Waals surface area (Å²) < 4.78 is 18.3. The van der Waals surface area contributed by atoms with Crippen molar-refractivity contribution in [3.63, 3.8) is 0 Å². The maximum absolute atomic E-state index is 13.2. The molecule has 0 N–H and O–H groups in total. The highest BCUT2D eigenvalue weighted by molar-refractivity contribution is 5.87. The molecule has 2 heterocycles. The van der Waals surface area contributed by atoms with Gasteiger partial charge in [0.2, 0.25) is 6.10 Å². The van der Waals surface area contributed by atoms with Crippen LogP contribution in [0, 0.1) is 0 Å². The Morgan fingerprint density at radius 1 is 0.941 bits per heavy atom. The van der Waals surface area contributed by atoms with Crippen LogP contribution in [0.2, 0.25) is 0 Å². The summed E-state index contributed by atoms with van der Waals surface area (Å²) in [5.74, 6) is -1.80. The average Bonchev–Trinajstić information content (AvgIpc) is 3.38. The predicted molar refractivity (Wildman–Crippen MR) is 118 cm³/mol. The number of benzene rings is 2. The van der Waals surface area contributed by atoms with Gasteiger partial charge in [-0.2, -0.15) is 0 Å². The number of hydrogen-bond acceptors (Lipinski definition) is 8. The van der Waals surface area contributed by atoms with Crippen molar-refractivity contribution in [3.05, 3.63) is 78.1 Å². The van der Waals surface area contributed by atoms with Gasteiger partial charge in [0.15, 0.2) is 12.3 Å². The van der Waals surface area contributed by atoms with Gasteiger partial charge in [0.1, 0.15) is 5.69 Å². The molecule has 10 heteroatoms. The van der Waals surface area contributed by atoms with Gasteiger partial charge in [0, 0.05) is 20.4 Å². The van der Waals surface area contributed by atoms with Crippen LogP contribution in [0.3, 0.4) is 0 Å². The molecule has 1 saturated heterocycles. The van der Waals surface area contributed by atoms with Crippen molar-refractivity contribution in [2.24, 2.45) is 0 Å². The topological polar surface area (TPSA) is 113 Å². The molecular formula is C24H24N4O6. The van der Waals surface area contributed by atoms with Gasteiger partial charge >= 0.3 is 11.9 Å².